The lowest BCUT2D eigenvalue weighted by molar-refractivity contribution is -0.0917. The second-order valence-corrected chi connectivity index (χ2v) is 5.50. The van der Waals surface area contributed by atoms with Gasteiger partial charge in [0.05, 0.1) is 25.9 Å². The Labute approximate surface area is 130 Å². The Morgan fingerprint density at radius 2 is 1.68 bits per heavy atom. The number of rotatable bonds is 5. The number of ketones is 1. The monoisotopic (exact) mass is 296 g/mol. The van der Waals surface area contributed by atoms with Gasteiger partial charge < -0.3 is 9.47 Å². The van der Waals surface area contributed by atoms with Crippen molar-refractivity contribution in [2.24, 2.45) is 0 Å². The number of ether oxygens (including phenoxy) is 2. The fourth-order valence-corrected chi connectivity index (χ4v) is 2.82. The third kappa shape index (κ3) is 3.62. The maximum atomic E-state index is 12.9. The van der Waals surface area contributed by atoms with Crippen LogP contribution in [0, 0.1) is 0 Å². The van der Waals surface area contributed by atoms with Gasteiger partial charge in [-0.1, -0.05) is 60.7 Å². The summed E-state index contributed by atoms with van der Waals surface area (Å²) in [4.78, 5) is 12.9. The Kier molecular flexibility index (Phi) is 4.99. The Balaban J connectivity index is 1.84. The minimum atomic E-state index is -0.199. The average Bonchev–Trinajstić information content (AvgIpc) is 2.61. The van der Waals surface area contributed by atoms with E-state index in [0.717, 1.165) is 11.1 Å². The summed E-state index contributed by atoms with van der Waals surface area (Å²) in [5, 5.41) is 0. The zero-order valence-electron chi connectivity index (χ0n) is 12.5. The lowest BCUT2D eigenvalue weighted by atomic mass is 9.86. The number of benzene rings is 2. The van der Waals surface area contributed by atoms with Crippen LogP contribution in [0.5, 0.6) is 0 Å². The van der Waals surface area contributed by atoms with Crippen molar-refractivity contribution < 1.29 is 14.3 Å². The van der Waals surface area contributed by atoms with Crippen molar-refractivity contribution in [1.29, 1.82) is 0 Å². The molecule has 2 atom stereocenters. The van der Waals surface area contributed by atoms with E-state index in [-0.39, 0.29) is 17.8 Å². The third-order valence-electron chi connectivity index (χ3n) is 3.96. The molecule has 3 heteroatoms. The van der Waals surface area contributed by atoms with Crippen molar-refractivity contribution in [3.05, 3.63) is 71.8 Å². The summed E-state index contributed by atoms with van der Waals surface area (Å²) in [5.41, 5.74) is 1.78. The van der Waals surface area contributed by atoms with Crippen LogP contribution in [0.3, 0.4) is 0 Å². The van der Waals surface area contributed by atoms with Gasteiger partial charge in [-0.05, 0) is 12.0 Å². The van der Waals surface area contributed by atoms with Crippen molar-refractivity contribution >= 4 is 5.78 Å². The first-order valence-electron chi connectivity index (χ1n) is 7.68. The molecule has 22 heavy (non-hydrogen) atoms. The maximum Gasteiger partial charge on any atom is 0.170 e. The number of Topliss-reactive ketones (excluding diaryl/α,β-unsaturated/α-hetero) is 1. The molecule has 1 aliphatic heterocycles. The lowest BCUT2D eigenvalue weighted by Gasteiger charge is -2.26. The topological polar surface area (TPSA) is 35.5 Å². The molecule has 0 saturated carbocycles. The molecule has 0 bridgehead atoms. The first-order chi connectivity index (χ1) is 10.8. The van der Waals surface area contributed by atoms with Gasteiger partial charge in [-0.3, -0.25) is 4.79 Å². The van der Waals surface area contributed by atoms with E-state index in [1.807, 2.05) is 60.7 Å². The van der Waals surface area contributed by atoms with Crippen LogP contribution in [0.4, 0.5) is 0 Å². The van der Waals surface area contributed by atoms with E-state index in [2.05, 4.69) is 0 Å². The van der Waals surface area contributed by atoms with Gasteiger partial charge >= 0.3 is 0 Å². The summed E-state index contributed by atoms with van der Waals surface area (Å²) in [5.74, 6) is -0.0590. The van der Waals surface area contributed by atoms with Crippen LogP contribution in [0.15, 0.2) is 60.7 Å². The van der Waals surface area contributed by atoms with Gasteiger partial charge in [0.25, 0.3) is 0 Å². The van der Waals surface area contributed by atoms with Gasteiger partial charge in [0.2, 0.25) is 0 Å². The molecule has 0 radical (unpaired) electrons. The molecule has 2 aromatic rings. The fraction of sp³-hybridized carbons (Fsp3) is 0.316. The van der Waals surface area contributed by atoms with Crippen molar-refractivity contribution in [3.8, 4) is 0 Å². The molecule has 2 unspecified atom stereocenters. The molecule has 0 aromatic heterocycles. The average molecular weight is 296 g/mol. The van der Waals surface area contributed by atoms with Crippen LogP contribution < -0.4 is 0 Å². The highest BCUT2D eigenvalue weighted by Crippen LogP contribution is 2.27. The summed E-state index contributed by atoms with van der Waals surface area (Å²) in [6, 6.07) is 19.4. The predicted octanol–water partition coefficient (Wildman–Crippen LogP) is 3.46. The van der Waals surface area contributed by atoms with Crippen LogP contribution in [0.2, 0.25) is 0 Å². The highest BCUT2D eigenvalue weighted by atomic mass is 16.6. The van der Waals surface area contributed by atoms with Crippen LogP contribution >= 0.6 is 0 Å². The van der Waals surface area contributed by atoms with Gasteiger partial charge in [-0.15, -0.1) is 0 Å². The molecule has 1 fully saturated rings. The van der Waals surface area contributed by atoms with E-state index in [1.54, 1.807) is 0 Å². The predicted molar refractivity (Wildman–Crippen MR) is 85.1 cm³/mol. The van der Waals surface area contributed by atoms with Gasteiger partial charge in [-0.2, -0.15) is 0 Å². The van der Waals surface area contributed by atoms with Crippen molar-refractivity contribution in [2.45, 2.75) is 18.4 Å². The lowest BCUT2D eigenvalue weighted by Crippen LogP contribution is -2.31. The van der Waals surface area contributed by atoms with E-state index < -0.39 is 0 Å². The van der Waals surface area contributed by atoms with E-state index in [1.165, 1.54) is 0 Å². The molecule has 114 valence electrons. The summed E-state index contributed by atoms with van der Waals surface area (Å²) in [7, 11) is 0. The van der Waals surface area contributed by atoms with Crippen LogP contribution in [-0.2, 0) is 9.47 Å². The summed E-state index contributed by atoms with van der Waals surface area (Å²) >= 11 is 0. The molecular weight excluding hydrogens is 276 g/mol. The molecule has 1 heterocycles. The minimum Gasteiger partial charge on any atom is -0.376 e. The smallest absolute Gasteiger partial charge is 0.170 e. The van der Waals surface area contributed by atoms with Crippen molar-refractivity contribution in [3.63, 3.8) is 0 Å². The number of carbonyl (C=O) groups excluding carboxylic acids is 1. The summed E-state index contributed by atoms with van der Waals surface area (Å²) in [6.45, 7) is 1.80. The van der Waals surface area contributed by atoms with Gasteiger partial charge in [-0.25, -0.2) is 0 Å². The molecule has 3 nitrogen and oxygen atoms in total. The van der Waals surface area contributed by atoms with Crippen molar-refractivity contribution in [1.82, 2.24) is 0 Å². The fourth-order valence-electron chi connectivity index (χ4n) is 2.82. The highest BCUT2D eigenvalue weighted by Gasteiger charge is 2.27. The van der Waals surface area contributed by atoms with E-state index in [0.29, 0.717) is 26.2 Å². The molecule has 1 aliphatic rings. The molecule has 1 saturated heterocycles. The van der Waals surface area contributed by atoms with Gasteiger partial charge in [0, 0.05) is 11.5 Å². The highest BCUT2D eigenvalue weighted by molar-refractivity contribution is 6.00. The normalized spacial score (nSPS) is 19.5. The molecule has 0 amide bonds. The largest absolute Gasteiger partial charge is 0.376 e. The SMILES string of the molecule is O=C(c1ccccc1)C(CC1COCCO1)c1ccccc1. The Bertz CT molecular complexity index is 589. The standard InChI is InChI=1S/C19H20O3/c20-19(16-9-5-2-6-10-16)18(15-7-3-1-4-8-15)13-17-14-21-11-12-22-17/h1-10,17-18H,11-14H2. The van der Waals surface area contributed by atoms with Gasteiger partial charge in [0.15, 0.2) is 5.78 Å². The second kappa shape index (κ2) is 7.34. The van der Waals surface area contributed by atoms with E-state index in [4.69, 9.17) is 9.47 Å². The van der Waals surface area contributed by atoms with Gasteiger partial charge in [0.1, 0.15) is 0 Å². The van der Waals surface area contributed by atoms with Crippen LogP contribution in [0.25, 0.3) is 0 Å². The first kappa shape index (κ1) is 14.9. The molecule has 2 aromatic carbocycles. The molecular formula is C19H20O3. The molecule has 0 N–H and O–H groups in total. The van der Waals surface area contributed by atoms with Crippen molar-refractivity contribution in [2.75, 3.05) is 19.8 Å². The van der Waals surface area contributed by atoms with E-state index >= 15 is 0 Å². The third-order valence-corrected chi connectivity index (χ3v) is 3.96. The molecule has 0 spiro atoms. The van der Waals surface area contributed by atoms with Crippen LogP contribution in [0.1, 0.15) is 28.3 Å². The minimum absolute atomic E-state index is 0.0216. The van der Waals surface area contributed by atoms with E-state index in [9.17, 15) is 4.79 Å². The summed E-state index contributed by atoms with van der Waals surface area (Å²) in [6.07, 6.45) is 0.629. The molecule has 0 aliphatic carbocycles. The molecule has 3 rings (SSSR count). The second-order valence-electron chi connectivity index (χ2n) is 5.50. The maximum absolute atomic E-state index is 12.9. The van der Waals surface area contributed by atoms with Crippen LogP contribution in [-0.4, -0.2) is 31.7 Å². The Morgan fingerprint density at radius 1 is 1.00 bits per heavy atom. The number of hydrogen-bond acceptors (Lipinski definition) is 3. The Hall–Kier alpha value is -1.97. The first-order valence-corrected chi connectivity index (χ1v) is 7.68. The summed E-state index contributed by atoms with van der Waals surface area (Å²) < 4.78 is 11.2. The zero-order chi connectivity index (χ0) is 15.2. The Morgan fingerprint density at radius 3 is 2.32 bits per heavy atom. The number of carbonyl (C=O) groups is 1. The zero-order valence-corrected chi connectivity index (χ0v) is 12.5. The quantitative estimate of drug-likeness (QED) is 0.793. The number of hydrogen-bond donors (Lipinski definition) is 0.